The summed E-state index contributed by atoms with van der Waals surface area (Å²) in [6, 6.07) is 6.22. The Kier molecular flexibility index (Phi) is 7.60. The highest BCUT2D eigenvalue weighted by molar-refractivity contribution is 14.0. The zero-order chi connectivity index (χ0) is 13.5. The molecule has 0 aromatic carbocycles. The number of nitrogens with one attached hydrogen (secondary N) is 2. The predicted molar refractivity (Wildman–Crippen MR) is 94.8 cm³/mol. The van der Waals surface area contributed by atoms with E-state index in [4.69, 9.17) is 0 Å². The van der Waals surface area contributed by atoms with Gasteiger partial charge in [-0.25, -0.2) is 0 Å². The van der Waals surface area contributed by atoms with Crippen molar-refractivity contribution in [2.75, 3.05) is 13.6 Å². The number of hydrogen-bond donors (Lipinski definition) is 2. The van der Waals surface area contributed by atoms with Crippen LogP contribution in [0.3, 0.4) is 0 Å². The lowest BCUT2D eigenvalue weighted by molar-refractivity contribution is 0.684. The minimum atomic E-state index is 0. The standard InChI is InChI=1S/C13H19N5S.HI/c1-14-13(15-7-6-12-4-3-9-19-12)16-10-11-5-8-17-18(11)2;/h3-5,8-9H,6-7,10H2,1-2H3,(H2,14,15,16);1H. The van der Waals surface area contributed by atoms with Crippen LogP contribution in [0.15, 0.2) is 34.8 Å². The van der Waals surface area contributed by atoms with Crippen LogP contribution in [-0.4, -0.2) is 29.3 Å². The fourth-order valence-corrected chi connectivity index (χ4v) is 2.44. The lowest BCUT2D eigenvalue weighted by Gasteiger charge is -2.11. The van der Waals surface area contributed by atoms with Crippen LogP contribution in [0.4, 0.5) is 0 Å². The molecule has 0 atom stereocenters. The SMILES string of the molecule is CN=C(NCCc1cccs1)NCc1ccnn1C.I. The van der Waals surface area contributed by atoms with Gasteiger partial charge in [-0.05, 0) is 23.9 Å². The van der Waals surface area contributed by atoms with E-state index in [1.807, 2.05) is 17.8 Å². The quantitative estimate of drug-likeness (QED) is 0.455. The van der Waals surface area contributed by atoms with Crippen LogP contribution in [0.2, 0.25) is 0 Å². The largest absolute Gasteiger partial charge is 0.356 e. The van der Waals surface area contributed by atoms with Crippen molar-refractivity contribution in [1.82, 2.24) is 20.4 Å². The molecule has 20 heavy (non-hydrogen) atoms. The van der Waals surface area contributed by atoms with Crippen molar-refractivity contribution in [3.8, 4) is 0 Å². The Morgan fingerprint density at radius 2 is 2.25 bits per heavy atom. The van der Waals surface area contributed by atoms with E-state index in [2.05, 4.69) is 38.2 Å². The fourth-order valence-electron chi connectivity index (χ4n) is 1.73. The molecule has 0 aliphatic carbocycles. The monoisotopic (exact) mass is 405 g/mol. The molecular formula is C13H20IN5S. The summed E-state index contributed by atoms with van der Waals surface area (Å²) in [5, 5.41) is 12.8. The molecule has 0 saturated carbocycles. The Hall–Kier alpha value is -1.09. The Bertz CT molecular complexity index is 521. The van der Waals surface area contributed by atoms with Gasteiger partial charge < -0.3 is 10.6 Å². The highest BCUT2D eigenvalue weighted by atomic mass is 127. The first-order valence-electron chi connectivity index (χ1n) is 6.23. The normalized spacial score (nSPS) is 11.0. The number of halogens is 1. The number of nitrogens with zero attached hydrogens (tertiary/aromatic N) is 3. The Balaban J connectivity index is 0.00000200. The summed E-state index contributed by atoms with van der Waals surface area (Å²) in [6.07, 6.45) is 2.81. The molecule has 0 radical (unpaired) electrons. The van der Waals surface area contributed by atoms with E-state index >= 15 is 0 Å². The van der Waals surface area contributed by atoms with Gasteiger partial charge in [0.25, 0.3) is 0 Å². The maximum atomic E-state index is 4.20. The molecule has 0 aliphatic rings. The first-order chi connectivity index (χ1) is 9.29. The topological polar surface area (TPSA) is 54.2 Å². The minimum Gasteiger partial charge on any atom is -0.356 e. The number of guanidine groups is 1. The van der Waals surface area contributed by atoms with E-state index in [9.17, 15) is 0 Å². The Morgan fingerprint density at radius 3 is 2.85 bits per heavy atom. The van der Waals surface area contributed by atoms with E-state index in [0.717, 1.165) is 31.2 Å². The molecule has 5 nitrogen and oxygen atoms in total. The van der Waals surface area contributed by atoms with Gasteiger partial charge in [-0.1, -0.05) is 6.07 Å². The van der Waals surface area contributed by atoms with Crippen LogP contribution in [0.25, 0.3) is 0 Å². The molecule has 0 amide bonds. The summed E-state index contributed by atoms with van der Waals surface area (Å²) < 4.78 is 1.85. The highest BCUT2D eigenvalue weighted by Gasteiger charge is 2.01. The van der Waals surface area contributed by atoms with Gasteiger partial charge >= 0.3 is 0 Å². The first kappa shape index (κ1) is 17.0. The molecule has 0 saturated heterocycles. The molecule has 0 fully saturated rings. The summed E-state index contributed by atoms with van der Waals surface area (Å²) in [7, 11) is 3.72. The number of aliphatic imine (C=N–C) groups is 1. The van der Waals surface area contributed by atoms with E-state index < -0.39 is 0 Å². The minimum absolute atomic E-state index is 0. The molecular weight excluding hydrogens is 385 g/mol. The van der Waals surface area contributed by atoms with Crippen LogP contribution in [0, 0.1) is 0 Å². The van der Waals surface area contributed by atoms with Crippen LogP contribution >= 0.6 is 35.3 Å². The average molecular weight is 405 g/mol. The van der Waals surface area contributed by atoms with Gasteiger partial charge in [0.15, 0.2) is 5.96 Å². The predicted octanol–water partition coefficient (Wildman–Crippen LogP) is 2.01. The van der Waals surface area contributed by atoms with Crippen LogP contribution in [0.5, 0.6) is 0 Å². The Morgan fingerprint density at radius 1 is 1.40 bits per heavy atom. The number of hydrogen-bond acceptors (Lipinski definition) is 3. The van der Waals surface area contributed by atoms with Crippen molar-refractivity contribution in [3.63, 3.8) is 0 Å². The van der Waals surface area contributed by atoms with Crippen molar-refractivity contribution in [2.24, 2.45) is 12.0 Å². The maximum absolute atomic E-state index is 4.20. The summed E-state index contributed by atoms with van der Waals surface area (Å²) in [4.78, 5) is 5.59. The first-order valence-corrected chi connectivity index (χ1v) is 7.11. The van der Waals surface area contributed by atoms with Crippen molar-refractivity contribution >= 4 is 41.3 Å². The van der Waals surface area contributed by atoms with E-state index in [0.29, 0.717) is 0 Å². The molecule has 2 aromatic rings. The number of aromatic nitrogens is 2. The Labute approximate surface area is 140 Å². The van der Waals surface area contributed by atoms with Crippen molar-refractivity contribution in [3.05, 3.63) is 40.3 Å². The van der Waals surface area contributed by atoms with Crippen LogP contribution in [0.1, 0.15) is 10.6 Å². The van der Waals surface area contributed by atoms with Crippen LogP contribution in [-0.2, 0) is 20.0 Å². The van der Waals surface area contributed by atoms with Gasteiger partial charge in [0.2, 0.25) is 0 Å². The summed E-state index contributed by atoms with van der Waals surface area (Å²) in [5.41, 5.74) is 1.13. The third kappa shape index (κ3) is 5.12. The number of rotatable bonds is 5. The van der Waals surface area contributed by atoms with Gasteiger partial charge in [0.1, 0.15) is 0 Å². The molecule has 0 spiro atoms. The fraction of sp³-hybridized carbons (Fsp3) is 0.385. The highest BCUT2D eigenvalue weighted by Crippen LogP contribution is 2.07. The van der Waals surface area contributed by atoms with Gasteiger partial charge in [-0.3, -0.25) is 9.67 Å². The van der Waals surface area contributed by atoms with Crippen molar-refractivity contribution in [2.45, 2.75) is 13.0 Å². The van der Waals surface area contributed by atoms with E-state index in [1.54, 1.807) is 24.6 Å². The smallest absolute Gasteiger partial charge is 0.191 e. The number of thiophene rings is 1. The zero-order valence-electron chi connectivity index (χ0n) is 11.7. The molecule has 2 rings (SSSR count). The van der Waals surface area contributed by atoms with Crippen molar-refractivity contribution in [1.29, 1.82) is 0 Å². The van der Waals surface area contributed by atoms with Crippen molar-refractivity contribution < 1.29 is 0 Å². The van der Waals surface area contributed by atoms with Crippen LogP contribution < -0.4 is 10.6 Å². The third-order valence-corrected chi connectivity index (χ3v) is 3.76. The van der Waals surface area contributed by atoms with E-state index in [1.165, 1.54) is 4.88 Å². The zero-order valence-corrected chi connectivity index (χ0v) is 14.8. The summed E-state index contributed by atoms with van der Waals surface area (Å²) in [6.45, 7) is 1.60. The second-order valence-electron chi connectivity index (χ2n) is 4.13. The molecule has 2 heterocycles. The molecule has 0 aliphatic heterocycles. The lowest BCUT2D eigenvalue weighted by Crippen LogP contribution is -2.38. The summed E-state index contributed by atoms with van der Waals surface area (Å²) in [5.74, 6) is 0.817. The second kappa shape index (κ2) is 8.96. The van der Waals surface area contributed by atoms with Gasteiger partial charge in [0, 0.05) is 31.7 Å². The molecule has 2 aromatic heterocycles. The molecule has 7 heteroatoms. The van der Waals surface area contributed by atoms with Gasteiger partial charge in [-0.15, -0.1) is 35.3 Å². The maximum Gasteiger partial charge on any atom is 0.191 e. The molecule has 0 bridgehead atoms. The number of aryl methyl sites for hydroxylation is 1. The van der Waals surface area contributed by atoms with Gasteiger partial charge in [0.05, 0.1) is 12.2 Å². The average Bonchev–Trinajstić information content (AvgIpc) is 3.05. The molecule has 0 unspecified atom stereocenters. The molecule has 2 N–H and O–H groups in total. The lowest BCUT2D eigenvalue weighted by atomic mass is 10.3. The summed E-state index contributed by atoms with van der Waals surface area (Å²) >= 11 is 1.78. The third-order valence-electron chi connectivity index (χ3n) is 2.83. The van der Waals surface area contributed by atoms with Gasteiger partial charge in [-0.2, -0.15) is 5.10 Å². The second-order valence-corrected chi connectivity index (χ2v) is 5.16. The molecule has 110 valence electrons. The van der Waals surface area contributed by atoms with E-state index in [-0.39, 0.29) is 24.0 Å².